The molecule has 1 fully saturated rings. The van der Waals surface area contributed by atoms with Crippen molar-refractivity contribution in [3.8, 4) is 11.6 Å². The molecule has 1 saturated heterocycles. The topological polar surface area (TPSA) is 84.2 Å². The number of carbonyl (C=O) groups excluding carboxylic acids is 1. The van der Waals surface area contributed by atoms with E-state index in [1.54, 1.807) is 18.3 Å². The first-order chi connectivity index (χ1) is 11.5. The molecule has 3 rings (SSSR count). The third-order valence-corrected chi connectivity index (χ3v) is 3.79. The first kappa shape index (κ1) is 16.4. The molecule has 1 aliphatic heterocycles. The van der Waals surface area contributed by atoms with E-state index in [-0.39, 0.29) is 12.0 Å². The highest BCUT2D eigenvalue weighted by Crippen LogP contribution is 2.34. The summed E-state index contributed by atoms with van der Waals surface area (Å²) in [6.07, 6.45) is -0.900. The second-order valence-corrected chi connectivity index (χ2v) is 6.03. The molecular weight excluding hydrogens is 320 g/mol. The summed E-state index contributed by atoms with van der Waals surface area (Å²) in [5.74, 6) is 0.407. The van der Waals surface area contributed by atoms with Crippen molar-refractivity contribution < 1.29 is 18.0 Å². The molecule has 3 heterocycles. The predicted molar refractivity (Wildman–Crippen MR) is 80.3 cm³/mol. The minimum atomic E-state index is -2.54. The van der Waals surface area contributed by atoms with Crippen LogP contribution in [0.15, 0.2) is 28.8 Å². The van der Waals surface area contributed by atoms with Crippen molar-refractivity contribution in [1.82, 2.24) is 25.4 Å². The number of rotatable bonds is 6. The van der Waals surface area contributed by atoms with Gasteiger partial charge in [-0.3, -0.25) is 14.7 Å². The minimum Gasteiger partial charge on any atom is -0.419 e. The molecule has 0 spiro atoms. The molecule has 0 unspecified atom stereocenters. The fourth-order valence-electron chi connectivity index (χ4n) is 2.70. The van der Waals surface area contributed by atoms with E-state index in [4.69, 9.17) is 4.42 Å². The number of halogens is 2. The maximum Gasteiger partial charge on any atom is 0.266 e. The van der Waals surface area contributed by atoms with Gasteiger partial charge in [0.05, 0.1) is 18.5 Å². The highest BCUT2D eigenvalue weighted by atomic mass is 19.3. The summed E-state index contributed by atoms with van der Waals surface area (Å²) in [4.78, 5) is 17.5. The lowest BCUT2D eigenvalue weighted by molar-refractivity contribution is -0.125. The zero-order valence-electron chi connectivity index (χ0n) is 13.1. The lowest BCUT2D eigenvalue weighted by Gasteiger charge is -2.45. The van der Waals surface area contributed by atoms with Gasteiger partial charge in [-0.2, -0.15) is 0 Å². The Bertz CT molecular complexity index is 701. The molecule has 0 radical (unpaired) electrons. The Kier molecular flexibility index (Phi) is 4.52. The van der Waals surface area contributed by atoms with Gasteiger partial charge in [0.1, 0.15) is 5.69 Å². The van der Waals surface area contributed by atoms with E-state index in [1.165, 1.54) is 0 Å². The monoisotopic (exact) mass is 337 g/mol. The minimum absolute atomic E-state index is 0.0730. The first-order valence-electron chi connectivity index (χ1n) is 7.49. The van der Waals surface area contributed by atoms with Gasteiger partial charge in [-0.15, -0.1) is 10.2 Å². The third-order valence-electron chi connectivity index (χ3n) is 3.79. The van der Waals surface area contributed by atoms with Crippen LogP contribution < -0.4 is 5.32 Å². The van der Waals surface area contributed by atoms with Crippen molar-refractivity contribution in [3.63, 3.8) is 0 Å². The highest BCUT2D eigenvalue weighted by molar-refractivity contribution is 5.78. The van der Waals surface area contributed by atoms with Crippen LogP contribution in [0.3, 0.4) is 0 Å². The summed E-state index contributed by atoms with van der Waals surface area (Å²) in [5.41, 5.74) is 0.241. The summed E-state index contributed by atoms with van der Waals surface area (Å²) in [7, 11) is 0. The van der Waals surface area contributed by atoms with Crippen LogP contribution in [0.25, 0.3) is 11.6 Å². The molecule has 1 aliphatic rings. The lowest BCUT2D eigenvalue weighted by atomic mass is 9.82. The number of hydrogen-bond donors (Lipinski definition) is 1. The number of nitrogens with zero attached hydrogens (tertiary/aromatic N) is 4. The Morgan fingerprint density at radius 1 is 1.42 bits per heavy atom. The number of amides is 1. The number of hydrogen-bond acceptors (Lipinski definition) is 6. The molecule has 2 aromatic heterocycles. The average molecular weight is 337 g/mol. The molecule has 0 atom stereocenters. The van der Waals surface area contributed by atoms with Gasteiger partial charge >= 0.3 is 0 Å². The molecule has 0 aromatic carbocycles. The molecular formula is C15H17F2N5O2. The van der Waals surface area contributed by atoms with Crippen LogP contribution in [-0.4, -0.2) is 58.6 Å². The fourth-order valence-corrected chi connectivity index (χ4v) is 2.70. The van der Waals surface area contributed by atoms with E-state index < -0.39 is 18.9 Å². The van der Waals surface area contributed by atoms with Gasteiger partial charge in [-0.05, 0) is 19.1 Å². The number of alkyl halides is 2. The molecule has 0 saturated carbocycles. The number of nitrogens with one attached hydrogen (secondary N) is 1. The van der Waals surface area contributed by atoms with Gasteiger partial charge in [-0.1, -0.05) is 6.07 Å². The zero-order chi connectivity index (χ0) is 17.2. The molecule has 9 heteroatoms. The summed E-state index contributed by atoms with van der Waals surface area (Å²) < 4.78 is 29.8. The molecule has 0 aliphatic carbocycles. The Morgan fingerprint density at radius 2 is 2.21 bits per heavy atom. The van der Waals surface area contributed by atoms with Crippen molar-refractivity contribution >= 4 is 5.91 Å². The number of carbonyl (C=O) groups is 1. The van der Waals surface area contributed by atoms with Crippen LogP contribution in [0.1, 0.15) is 12.8 Å². The van der Waals surface area contributed by atoms with Gasteiger partial charge in [0, 0.05) is 19.3 Å². The van der Waals surface area contributed by atoms with Gasteiger partial charge < -0.3 is 9.73 Å². The van der Waals surface area contributed by atoms with Crippen molar-refractivity contribution in [1.29, 1.82) is 0 Å². The number of aromatic nitrogens is 3. The van der Waals surface area contributed by atoms with Crippen molar-refractivity contribution in [2.45, 2.75) is 18.8 Å². The van der Waals surface area contributed by atoms with Gasteiger partial charge in [0.25, 0.3) is 12.3 Å². The van der Waals surface area contributed by atoms with Crippen molar-refractivity contribution in [2.24, 2.45) is 0 Å². The Labute approximate surface area is 137 Å². The molecule has 0 bridgehead atoms. The Hall–Kier alpha value is -2.42. The zero-order valence-corrected chi connectivity index (χ0v) is 13.1. The quantitative estimate of drug-likeness (QED) is 0.849. The summed E-state index contributed by atoms with van der Waals surface area (Å²) in [6.45, 7) is 2.48. The predicted octanol–water partition coefficient (Wildman–Crippen LogP) is 1.09. The average Bonchev–Trinajstić information content (AvgIpc) is 3.02. The van der Waals surface area contributed by atoms with E-state index in [9.17, 15) is 13.6 Å². The summed E-state index contributed by atoms with van der Waals surface area (Å²) >= 11 is 0. The Morgan fingerprint density at radius 3 is 2.88 bits per heavy atom. The Balaban J connectivity index is 1.56. The maximum atomic E-state index is 12.1. The van der Waals surface area contributed by atoms with E-state index in [0.717, 1.165) is 0 Å². The van der Waals surface area contributed by atoms with Gasteiger partial charge in [-0.25, -0.2) is 8.78 Å². The van der Waals surface area contributed by atoms with E-state index in [2.05, 4.69) is 20.5 Å². The number of likely N-dealkylation sites (tertiary alicyclic amines) is 1. The van der Waals surface area contributed by atoms with Gasteiger partial charge in [0.2, 0.25) is 11.8 Å². The van der Waals surface area contributed by atoms with Crippen molar-refractivity contribution in [2.75, 3.05) is 26.2 Å². The number of pyridine rings is 1. The first-order valence-corrected chi connectivity index (χ1v) is 7.49. The smallest absolute Gasteiger partial charge is 0.266 e. The van der Waals surface area contributed by atoms with Crippen LogP contribution in [0.5, 0.6) is 0 Å². The van der Waals surface area contributed by atoms with Crippen LogP contribution >= 0.6 is 0 Å². The second-order valence-electron chi connectivity index (χ2n) is 6.03. The summed E-state index contributed by atoms with van der Waals surface area (Å²) in [5, 5.41) is 10.3. The van der Waals surface area contributed by atoms with Crippen LogP contribution in [0, 0.1) is 0 Å². The van der Waals surface area contributed by atoms with Crippen molar-refractivity contribution in [3.05, 3.63) is 30.3 Å². The van der Waals surface area contributed by atoms with E-state index in [1.807, 2.05) is 17.9 Å². The second kappa shape index (κ2) is 6.60. The third kappa shape index (κ3) is 3.56. The maximum absolute atomic E-state index is 12.1. The van der Waals surface area contributed by atoms with Crippen LogP contribution in [0.4, 0.5) is 8.78 Å². The SMILES string of the molecule is CC1(c2nnc(-c3ccccn3)o2)CN(CC(=O)NCC(F)F)C1. The molecule has 128 valence electrons. The van der Waals surface area contributed by atoms with E-state index in [0.29, 0.717) is 30.6 Å². The van der Waals surface area contributed by atoms with Crippen LogP contribution in [0.2, 0.25) is 0 Å². The molecule has 1 amide bonds. The molecule has 2 aromatic rings. The molecule has 24 heavy (non-hydrogen) atoms. The van der Waals surface area contributed by atoms with E-state index >= 15 is 0 Å². The lowest BCUT2D eigenvalue weighted by Crippen LogP contribution is -2.59. The van der Waals surface area contributed by atoms with Crippen LogP contribution in [-0.2, 0) is 10.2 Å². The molecule has 1 N–H and O–H groups in total. The normalized spacial score (nSPS) is 16.8. The van der Waals surface area contributed by atoms with Gasteiger partial charge in [0.15, 0.2) is 0 Å². The molecule has 7 nitrogen and oxygen atoms in total. The standard InChI is InChI=1S/C15H17F2N5O2/c1-15(8-22(9-15)7-12(23)19-6-11(16)17)14-21-20-13(24-14)10-4-2-3-5-18-10/h2-5,11H,6-9H2,1H3,(H,19,23). The summed E-state index contributed by atoms with van der Waals surface area (Å²) in [6, 6.07) is 5.40. The fraction of sp³-hybridized carbons (Fsp3) is 0.467. The highest BCUT2D eigenvalue weighted by Gasteiger charge is 2.45. The largest absolute Gasteiger partial charge is 0.419 e.